The zero-order valence-electron chi connectivity index (χ0n) is 10.6. The van der Waals surface area contributed by atoms with Crippen LogP contribution >= 0.6 is 23.8 Å². The predicted molar refractivity (Wildman–Crippen MR) is 82.2 cm³/mol. The summed E-state index contributed by atoms with van der Waals surface area (Å²) in [6.45, 7) is 0.540. The minimum atomic E-state index is -0.420. The summed E-state index contributed by atoms with van der Waals surface area (Å²) in [5.74, 6) is -0.420. The minimum absolute atomic E-state index is 0.0436. The van der Waals surface area contributed by atoms with Gasteiger partial charge in [-0.2, -0.15) is 0 Å². The molecular weight excluding hydrogens is 297 g/mol. The average Bonchev–Trinajstić information content (AvgIpc) is 2.42. The van der Waals surface area contributed by atoms with E-state index in [1.165, 1.54) is 0 Å². The lowest BCUT2D eigenvalue weighted by Gasteiger charge is -2.08. The van der Waals surface area contributed by atoms with Crippen LogP contribution < -0.4 is 5.73 Å². The number of hydrogen-bond donors (Lipinski definition) is 1. The van der Waals surface area contributed by atoms with Crippen molar-refractivity contribution in [1.82, 2.24) is 0 Å². The van der Waals surface area contributed by atoms with Crippen molar-refractivity contribution in [1.29, 1.82) is 0 Å². The van der Waals surface area contributed by atoms with Crippen molar-refractivity contribution in [3.8, 4) is 0 Å². The third kappa shape index (κ3) is 3.76. The summed E-state index contributed by atoms with van der Waals surface area (Å²) >= 11 is 10.6. The van der Waals surface area contributed by atoms with Gasteiger partial charge in [-0.05, 0) is 23.8 Å². The van der Waals surface area contributed by atoms with Gasteiger partial charge in [0.05, 0.1) is 13.2 Å². The van der Waals surface area contributed by atoms with Crippen LogP contribution in [0.4, 0.5) is 4.39 Å². The topological polar surface area (TPSA) is 35.2 Å². The second-order valence-electron chi connectivity index (χ2n) is 4.26. The van der Waals surface area contributed by atoms with E-state index in [0.29, 0.717) is 17.2 Å². The molecule has 0 aliphatic carbocycles. The van der Waals surface area contributed by atoms with Gasteiger partial charge in [0.1, 0.15) is 10.8 Å². The lowest BCUT2D eigenvalue weighted by Crippen LogP contribution is -2.13. The standard InChI is InChI=1S/C15H13ClFNOS/c16-12-6-4-10(5-7-12)8-19-9-11-2-1-3-13(14(11)17)15(18)20/h1-7H,8-9H2,(H2,18,20). The Labute approximate surface area is 127 Å². The molecule has 2 rings (SSSR count). The summed E-state index contributed by atoms with van der Waals surface area (Å²) in [7, 11) is 0. The Bertz CT molecular complexity index is 616. The normalized spacial score (nSPS) is 10.5. The molecule has 0 saturated heterocycles. The molecule has 0 radical (unpaired) electrons. The highest BCUT2D eigenvalue weighted by molar-refractivity contribution is 7.80. The van der Waals surface area contributed by atoms with E-state index in [2.05, 4.69) is 0 Å². The number of rotatable bonds is 5. The van der Waals surface area contributed by atoms with Crippen LogP contribution in [-0.4, -0.2) is 4.99 Å². The molecule has 0 amide bonds. The van der Waals surface area contributed by atoms with Crippen molar-refractivity contribution in [3.05, 3.63) is 70.0 Å². The second-order valence-corrected chi connectivity index (χ2v) is 5.14. The molecule has 0 bridgehead atoms. The van der Waals surface area contributed by atoms with Crippen LogP contribution in [0.3, 0.4) is 0 Å². The largest absolute Gasteiger partial charge is 0.389 e. The third-order valence-electron chi connectivity index (χ3n) is 2.78. The van der Waals surface area contributed by atoms with Crippen molar-refractivity contribution in [2.45, 2.75) is 13.2 Å². The molecule has 0 aromatic heterocycles. The van der Waals surface area contributed by atoms with Gasteiger partial charge in [0.15, 0.2) is 0 Å². The minimum Gasteiger partial charge on any atom is -0.389 e. The summed E-state index contributed by atoms with van der Waals surface area (Å²) in [5.41, 5.74) is 7.11. The maximum atomic E-state index is 14.0. The Morgan fingerprint density at radius 2 is 1.85 bits per heavy atom. The smallest absolute Gasteiger partial charge is 0.138 e. The van der Waals surface area contributed by atoms with Crippen LogP contribution in [0.15, 0.2) is 42.5 Å². The zero-order chi connectivity index (χ0) is 14.5. The molecule has 2 aromatic rings. The molecule has 0 heterocycles. The number of halogens is 2. The average molecular weight is 310 g/mol. The van der Waals surface area contributed by atoms with E-state index in [9.17, 15) is 4.39 Å². The van der Waals surface area contributed by atoms with E-state index in [1.807, 2.05) is 12.1 Å². The van der Waals surface area contributed by atoms with E-state index >= 15 is 0 Å². The summed E-state index contributed by atoms with van der Waals surface area (Å²) in [6.07, 6.45) is 0. The summed E-state index contributed by atoms with van der Waals surface area (Å²) < 4.78 is 19.5. The first-order valence-electron chi connectivity index (χ1n) is 5.97. The fourth-order valence-electron chi connectivity index (χ4n) is 1.74. The van der Waals surface area contributed by atoms with Crippen LogP contribution in [0.2, 0.25) is 5.02 Å². The number of nitrogens with two attached hydrogens (primary N) is 1. The molecule has 0 aliphatic rings. The number of benzene rings is 2. The van der Waals surface area contributed by atoms with Gasteiger partial charge in [0.2, 0.25) is 0 Å². The highest BCUT2D eigenvalue weighted by Gasteiger charge is 2.09. The SMILES string of the molecule is NC(=S)c1cccc(COCc2ccc(Cl)cc2)c1F. The number of ether oxygens (including phenoxy) is 1. The molecule has 0 fully saturated rings. The fourth-order valence-corrected chi connectivity index (χ4v) is 2.02. The Morgan fingerprint density at radius 3 is 2.50 bits per heavy atom. The summed E-state index contributed by atoms with van der Waals surface area (Å²) in [6, 6.07) is 12.2. The Kier molecular flexibility index (Phi) is 5.06. The third-order valence-corrected chi connectivity index (χ3v) is 3.26. The molecule has 2 N–H and O–H groups in total. The van der Waals surface area contributed by atoms with Crippen LogP contribution in [-0.2, 0) is 18.0 Å². The number of hydrogen-bond acceptors (Lipinski definition) is 2. The lowest BCUT2D eigenvalue weighted by atomic mass is 10.1. The molecule has 2 nitrogen and oxygen atoms in total. The van der Waals surface area contributed by atoms with Gasteiger partial charge in [-0.25, -0.2) is 4.39 Å². The van der Waals surface area contributed by atoms with E-state index in [4.69, 9.17) is 34.3 Å². The molecule has 2 aromatic carbocycles. The first kappa shape index (κ1) is 14.9. The molecular formula is C15H13ClFNOS. The van der Waals surface area contributed by atoms with E-state index in [-0.39, 0.29) is 17.2 Å². The first-order valence-corrected chi connectivity index (χ1v) is 6.76. The Hall–Kier alpha value is -1.49. The predicted octanol–water partition coefficient (Wildman–Crippen LogP) is 3.83. The quantitative estimate of drug-likeness (QED) is 0.853. The summed E-state index contributed by atoms with van der Waals surface area (Å²) in [4.78, 5) is 0.0436. The van der Waals surface area contributed by atoms with Gasteiger partial charge in [-0.15, -0.1) is 0 Å². The van der Waals surface area contributed by atoms with Gasteiger partial charge in [0, 0.05) is 16.1 Å². The number of thiocarbonyl (C=S) groups is 1. The van der Waals surface area contributed by atoms with E-state index in [0.717, 1.165) is 5.56 Å². The highest BCUT2D eigenvalue weighted by atomic mass is 35.5. The molecule has 0 saturated carbocycles. The molecule has 20 heavy (non-hydrogen) atoms. The summed E-state index contributed by atoms with van der Waals surface area (Å²) in [5, 5.41) is 0.670. The van der Waals surface area contributed by atoms with Gasteiger partial charge >= 0.3 is 0 Å². The van der Waals surface area contributed by atoms with Gasteiger partial charge in [0.25, 0.3) is 0 Å². The van der Waals surface area contributed by atoms with Crippen LogP contribution in [0.5, 0.6) is 0 Å². The zero-order valence-corrected chi connectivity index (χ0v) is 12.2. The highest BCUT2D eigenvalue weighted by Crippen LogP contribution is 2.15. The second kappa shape index (κ2) is 6.79. The monoisotopic (exact) mass is 309 g/mol. The van der Waals surface area contributed by atoms with Crippen LogP contribution in [0.1, 0.15) is 16.7 Å². The van der Waals surface area contributed by atoms with Crippen molar-refractivity contribution in [3.63, 3.8) is 0 Å². The maximum Gasteiger partial charge on any atom is 0.138 e. The molecule has 5 heteroatoms. The first-order chi connectivity index (χ1) is 9.58. The van der Waals surface area contributed by atoms with Gasteiger partial charge in [-0.3, -0.25) is 0 Å². The lowest BCUT2D eigenvalue weighted by molar-refractivity contribution is 0.105. The molecule has 104 valence electrons. The molecule has 0 atom stereocenters. The van der Waals surface area contributed by atoms with Crippen LogP contribution in [0, 0.1) is 5.82 Å². The van der Waals surface area contributed by atoms with Crippen molar-refractivity contribution < 1.29 is 9.13 Å². The van der Waals surface area contributed by atoms with E-state index in [1.54, 1.807) is 30.3 Å². The molecule has 0 spiro atoms. The van der Waals surface area contributed by atoms with Crippen molar-refractivity contribution in [2.75, 3.05) is 0 Å². The van der Waals surface area contributed by atoms with Gasteiger partial charge < -0.3 is 10.5 Å². The Balaban J connectivity index is 1.99. The van der Waals surface area contributed by atoms with Crippen molar-refractivity contribution in [2.24, 2.45) is 5.73 Å². The molecule has 0 unspecified atom stereocenters. The maximum absolute atomic E-state index is 14.0. The fraction of sp³-hybridized carbons (Fsp3) is 0.133. The molecule has 0 aliphatic heterocycles. The van der Waals surface area contributed by atoms with Crippen molar-refractivity contribution >= 4 is 28.8 Å². The van der Waals surface area contributed by atoms with Crippen LogP contribution in [0.25, 0.3) is 0 Å². The Morgan fingerprint density at radius 1 is 1.15 bits per heavy atom. The van der Waals surface area contributed by atoms with Gasteiger partial charge in [-0.1, -0.05) is 48.1 Å². The van der Waals surface area contributed by atoms with E-state index < -0.39 is 5.82 Å².